The first-order valence-electron chi connectivity index (χ1n) is 11.3. The zero-order valence-electron chi connectivity index (χ0n) is 20.9. The number of ether oxygens (including phenoxy) is 1. The number of aliphatic hydroxyl groups is 1. The van der Waals surface area contributed by atoms with Crippen LogP contribution in [-0.2, 0) is 19.9 Å². The third-order valence-electron chi connectivity index (χ3n) is 5.93. The van der Waals surface area contributed by atoms with Gasteiger partial charge < -0.3 is 9.84 Å². The number of aromatic nitrogens is 6. The van der Waals surface area contributed by atoms with Gasteiger partial charge in [0.2, 0.25) is 0 Å². The molecule has 4 aromatic rings. The molecule has 3 heterocycles. The molecule has 0 fully saturated rings. The van der Waals surface area contributed by atoms with Gasteiger partial charge in [0.05, 0.1) is 41.4 Å². The lowest BCUT2D eigenvalue weighted by Gasteiger charge is -2.17. The molecule has 0 spiro atoms. The topological polar surface area (TPSA) is 115 Å². The van der Waals surface area contributed by atoms with Gasteiger partial charge in [-0.2, -0.15) is 15.5 Å². The molecular formula is C26H29N7O2. The van der Waals surface area contributed by atoms with Crippen LogP contribution >= 0.6 is 0 Å². The van der Waals surface area contributed by atoms with Crippen molar-refractivity contribution in [2.75, 3.05) is 7.11 Å². The highest BCUT2D eigenvalue weighted by Gasteiger charge is 2.22. The van der Waals surface area contributed by atoms with Crippen molar-refractivity contribution in [3.8, 4) is 28.9 Å². The minimum atomic E-state index is -0.830. The molecule has 0 aliphatic carbocycles. The molecule has 35 heavy (non-hydrogen) atoms. The molecule has 1 aromatic carbocycles. The summed E-state index contributed by atoms with van der Waals surface area (Å²) < 4.78 is 9.33. The predicted molar refractivity (Wildman–Crippen MR) is 131 cm³/mol. The van der Waals surface area contributed by atoms with E-state index in [9.17, 15) is 5.11 Å². The van der Waals surface area contributed by atoms with Crippen LogP contribution < -0.4 is 4.74 Å². The monoisotopic (exact) mass is 471 g/mol. The van der Waals surface area contributed by atoms with E-state index in [0.717, 1.165) is 33.9 Å². The van der Waals surface area contributed by atoms with Crippen LogP contribution in [0.5, 0.6) is 5.75 Å². The Morgan fingerprint density at radius 1 is 1.11 bits per heavy atom. The summed E-state index contributed by atoms with van der Waals surface area (Å²) in [6.07, 6.45) is 2.52. The number of rotatable bonds is 7. The normalized spacial score (nSPS) is 11.5. The van der Waals surface area contributed by atoms with Gasteiger partial charge in [-0.3, -0.25) is 4.68 Å². The van der Waals surface area contributed by atoms with Gasteiger partial charge in [-0.25, -0.2) is 14.6 Å². The molecule has 3 aromatic heterocycles. The smallest absolute Gasteiger partial charge is 0.168 e. The van der Waals surface area contributed by atoms with E-state index in [2.05, 4.69) is 26.2 Å². The van der Waals surface area contributed by atoms with Gasteiger partial charge in [-0.15, -0.1) is 0 Å². The number of hydrogen-bond donors (Lipinski definition) is 1. The number of aryl methyl sites for hydroxylation is 2. The molecule has 1 N–H and O–H groups in total. The molecule has 0 atom stereocenters. The molecule has 4 rings (SSSR count). The molecule has 0 unspecified atom stereocenters. The highest BCUT2D eigenvalue weighted by atomic mass is 16.5. The highest BCUT2D eigenvalue weighted by Crippen LogP contribution is 2.33. The zero-order valence-corrected chi connectivity index (χ0v) is 20.9. The maximum absolute atomic E-state index is 10.3. The fourth-order valence-electron chi connectivity index (χ4n) is 4.20. The Balaban J connectivity index is 1.68. The Kier molecular flexibility index (Phi) is 6.41. The fourth-order valence-corrected chi connectivity index (χ4v) is 4.20. The summed E-state index contributed by atoms with van der Waals surface area (Å²) in [4.78, 5) is 8.92. The summed E-state index contributed by atoms with van der Waals surface area (Å²) in [6.45, 7) is 7.51. The second-order valence-corrected chi connectivity index (χ2v) is 9.24. The second kappa shape index (κ2) is 9.31. The molecule has 0 bridgehead atoms. The molecule has 180 valence electrons. The van der Waals surface area contributed by atoms with Gasteiger partial charge in [0, 0.05) is 37.2 Å². The van der Waals surface area contributed by atoms with E-state index in [0.29, 0.717) is 35.7 Å². The summed E-state index contributed by atoms with van der Waals surface area (Å²) in [5.41, 5.74) is 5.81. The first-order valence-corrected chi connectivity index (χ1v) is 11.3. The highest BCUT2D eigenvalue weighted by molar-refractivity contribution is 5.68. The summed E-state index contributed by atoms with van der Waals surface area (Å²) in [7, 11) is 3.50. The third-order valence-corrected chi connectivity index (χ3v) is 5.93. The molecule has 0 saturated carbocycles. The maximum atomic E-state index is 10.3. The SMILES string of the molecule is COc1c(-c2ccc(C#N)cc2)nn(C)c1Cc1cc(-n2nc(C)c(CC(C)(C)O)c2C)ncn1. The van der Waals surface area contributed by atoms with Crippen LogP contribution in [0.4, 0.5) is 0 Å². The fraction of sp³-hybridized carbons (Fsp3) is 0.346. The van der Waals surface area contributed by atoms with Gasteiger partial charge in [-0.1, -0.05) is 12.1 Å². The van der Waals surface area contributed by atoms with Gasteiger partial charge >= 0.3 is 0 Å². The summed E-state index contributed by atoms with van der Waals surface area (Å²) in [5, 5.41) is 28.7. The molecule has 0 aliphatic rings. The molecule has 9 nitrogen and oxygen atoms in total. The van der Waals surface area contributed by atoms with Crippen LogP contribution in [0.1, 0.15) is 47.8 Å². The van der Waals surface area contributed by atoms with Gasteiger partial charge in [0.25, 0.3) is 0 Å². The van der Waals surface area contributed by atoms with Crippen LogP contribution in [0.2, 0.25) is 0 Å². The van der Waals surface area contributed by atoms with E-state index in [1.54, 1.807) is 42.5 Å². The number of nitriles is 1. The van der Waals surface area contributed by atoms with Crippen LogP contribution in [0, 0.1) is 25.2 Å². The maximum Gasteiger partial charge on any atom is 0.168 e. The molecule has 0 amide bonds. The number of methoxy groups -OCH3 is 1. The van der Waals surface area contributed by atoms with Crippen LogP contribution in [-0.4, -0.2) is 47.3 Å². The average molecular weight is 472 g/mol. The lowest BCUT2D eigenvalue weighted by atomic mass is 9.97. The van der Waals surface area contributed by atoms with E-state index in [1.807, 2.05) is 39.1 Å². The predicted octanol–water partition coefficient (Wildman–Crippen LogP) is 3.46. The summed E-state index contributed by atoms with van der Waals surface area (Å²) in [5.74, 6) is 1.32. The Bertz CT molecular complexity index is 1400. The average Bonchev–Trinajstić information content (AvgIpc) is 3.29. The Hall–Kier alpha value is -4.03. The van der Waals surface area contributed by atoms with Gasteiger partial charge in [0.1, 0.15) is 12.0 Å². The number of hydrogen-bond acceptors (Lipinski definition) is 7. The van der Waals surface area contributed by atoms with E-state index in [-0.39, 0.29) is 0 Å². The first-order chi connectivity index (χ1) is 16.6. The van der Waals surface area contributed by atoms with E-state index < -0.39 is 5.60 Å². The van der Waals surface area contributed by atoms with Crippen LogP contribution in [0.15, 0.2) is 36.7 Å². The molecule has 9 heteroatoms. The zero-order chi connectivity index (χ0) is 25.3. The Morgan fingerprint density at radius 3 is 2.46 bits per heavy atom. The first kappa shape index (κ1) is 24.1. The largest absolute Gasteiger partial charge is 0.492 e. The number of nitrogens with zero attached hydrogens (tertiary/aromatic N) is 7. The van der Waals surface area contributed by atoms with Crippen molar-refractivity contribution < 1.29 is 9.84 Å². The number of benzene rings is 1. The minimum Gasteiger partial charge on any atom is -0.492 e. The molecule has 0 aliphatic heterocycles. The summed E-state index contributed by atoms with van der Waals surface area (Å²) in [6, 6.07) is 11.3. The van der Waals surface area contributed by atoms with Crippen molar-refractivity contribution >= 4 is 0 Å². The summed E-state index contributed by atoms with van der Waals surface area (Å²) >= 11 is 0. The van der Waals surface area contributed by atoms with Crippen molar-refractivity contribution in [2.45, 2.75) is 46.1 Å². The lowest BCUT2D eigenvalue weighted by Crippen LogP contribution is -2.22. The van der Waals surface area contributed by atoms with Gasteiger partial charge in [-0.05, 0) is 45.4 Å². The van der Waals surface area contributed by atoms with E-state index in [1.165, 1.54) is 6.33 Å². The minimum absolute atomic E-state index is 0.480. The Labute approximate surface area is 204 Å². The van der Waals surface area contributed by atoms with Crippen molar-refractivity contribution in [1.82, 2.24) is 29.5 Å². The van der Waals surface area contributed by atoms with Crippen molar-refractivity contribution in [1.29, 1.82) is 5.26 Å². The second-order valence-electron chi connectivity index (χ2n) is 9.24. The molecule has 0 saturated heterocycles. The quantitative estimate of drug-likeness (QED) is 0.439. The van der Waals surface area contributed by atoms with Crippen LogP contribution in [0.3, 0.4) is 0 Å². The van der Waals surface area contributed by atoms with Crippen molar-refractivity contribution in [2.24, 2.45) is 7.05 Å². The molecule has 0 radical (unpaired) electrons. The molecular weight excluding hydrogens is 442 g/mol. The standard InChI is InChI=1S/C26H29N7O2/c1-16-21(13-26(3,4)34)17(2)33(30-16)23-12-20(28-15-29-23)11-22-25(35-6)24(31-32(22)5)19-9-7-18(14-27)8-10-19/h7-10,12,15,34H,11,13H2,1-6H3. The van der Waals surface area contributed by atoms with E-state index in [4.69, 9.17) is 10.00 Å². The van der Waals surface area contributed by atoms with Crippen LogP contribution in [0.25, 0.3) is 17.1 Å². The Morgan fingerprint density at radius 2 is 1.83 bits per heavy atom. The van der Waals surface area contributed by atoms with Gasteiger partial charge in [0.15, 0.2) is 11.6 Å². The third kappa shape index (κ3) is 4.93. The lowest BCUT2D eigenvalue weighted by molar-refractivity contribution is 0.0806. The van der Waals surface area contributed by atoms with Crippen molar-refractivity contribution in [3.63, 3.8) is 0 Å². The van der Waals surface area contributed by atoms with E-state index >= 15 is 0 Å². The van der Waals surface area contributed by atoms with Crippen molar-refractivity contribution in [3.05, 3.63) is 70.6 Å².